The molecule has 1 N–H and O–H groups in total. The Bertz CT molecular complexity index is 1000. The van der Waals surface area contributed by atoms with Crippen molar-refractivity contribution in [2.45, 2.75) is 44.5 Å². The Morgan fingerprint density at radius 2 is 1.90 bits per heavy atom. The zero-order valence-electron chi connectivity index (χ0n) is 17.4. The van der Waals surface area contributed by atoms with Crippen LogP contribution in [0, 0.1) is 0 Å². The highest BCUT2D eigenvalue weighted by molar-refractivity contribution is 7.93. The number of likely N-dealkylation sites (tertiary alicyclic amines) is 1. The lowest BCUT2D eigenvalue weighted by Crippen LogP contribution is -2.45. The largest absolute Gasteiger partial charge is 0.494 e. The topological polar surface area (TPSA) is 103 Å². The third-order valence-corrected chi connectivity index (χ3v) is 6.70. The maximum atomic E-state index is 13.1. The molecule has 0 saturated carbocycles. The van der Waals surface area contributed by atoms with E-state index >= 15 is 0 Å². The van der Waals surface area contributed by atoms with Crippen molar-refractivity contribution in [3.05, 3.63) is 18.3 Å². The lowest BCUT2D eigenvalue weighted by molar-refractivity contribution is 0.0217. The van der Waals surface area contributed by atoms with Crippen molar-refractivity contribution >= 4 is 32.7 Å². The third kappa shape index (κ3) is 4.58. The van der Waals surface area contributed by atoms with Crippen molar-refractivity contribution in [1.29, 1.82) is 0 Å². The van der Waals surface area contributed by atoms with Gasteiger partial charge in [-0.15, -0.1) is 0 Å². The van der Waals surface area contributed by atoms with Gasteiger partial charge in [-0.2, -0.15) is 5.10 Å². The zero-order valence-corrected chi connectivity index (χ0v) is 18.2. The summed E-state index contributed by atoms with van der Waals surface area (Å²) >= 11 is 0. The number of sulfonamides is 1. The van der Waals surface area contributed by atoms with Gasteiger partial charge >= 0.3 is 6.09 Å². The number of amides is 1. The fourth-order valence-corrected chi connectivity index (χ4v) is 4.90. The molecule has 0 spiro atoms. The van der Waals surface area contributed by atoms with Crippen LogP contribution in [-0.2, 0) is 21.8 Å². The van der Waals surface area contributed by atoms with E-state index in [9.17, 15) is 13.2 Å². The van der Waals surface area contributed by atoms with Crippen LogP contribution in [-0.4, -0.2) is 60.2 Å². The van der Waals surface area contributed by atoms with E-state index in [4.69, 9.17) is 9.47 Å². The molecule has 2 aromatic rings. The fraction of sp³-hybridized carbons (Fsp3) is 0.579. The summed E-state index contributed by atoms with van der Waals surface area (Å²) < 4.78 is 41.2. The van der Waals surface area contributed by atoms with Gasteiger partial charge in [0.05, 0.1) is 24.1 Å². The zero-order chi connectivity index (χ0) is 21.4. The van der Waals surface area contributed by atoms with E-state index in [2.05, 4.69) is 9.82 Å². The highest BCUT2D eigenvalue weighted by Crippen LogP contribution is 2.35. The Balaban J connectivity index is 1.76. The Morgan fingerprint density at radius 3 is 2.48 bits per heavy atom. The van der Waals surface area contributed by atoms with Crippen molar-refractivity contribution in [2.75, 3.05) is 24.9 Å². The second-order valence-electron chi connectivity index (χ2n) is 8.16. The second kappa shape index (κ2) is 7.74. The Hall–Kier alpha value is -2.49. The van der Waals surface area contributed by atoms with Gasteiger partial charge in [-0.3, -0.25) is 9.40 Å². The molecule has 9 nitrogen and oxygen atoms in total. The van der Waals surface area contributed by atoms with Crippen LogP contribution < -0.4 is 9.46 Å². The van der Waals surface area contributed by atoms with E-state index < -0.39 is 27.0 Å². The Labute approximate surface area is 171 Å². The highest BCUT2D eigenvalue weighted by Gasteiger charge is 2.34. The Morgan fingerprint density at radius 1 is 1.24 bits per heavy atom. The number of nitrogens with one attached hydrogen (secondary N) is 1. The first kappa shape index (κ1) is 21.2. The van der Waals surface area contributed by atoms with Gasteiger partial charge in [0.1, 0.15) is 17.0 Å². The number of carbonyl (C=O) groups is 1. The number of ether oxygens (including phenoxy) is 2. The van der Waals surface area contributed by atoms with Crippen LogP contribution in [0.3, 0.4) is 0 Å². The minimum absolute atomic E-state index is 0.327. The molecule has 3 rings (SSSR count). The summed E-state index contributed by atoms with van der Waals surface area (Å²) in [6.07, 6.45) is 1.92. The quantitative estimate of drug-likeness (QED) is 0.810. The van der Waals surface area contributed by atoms with Gasteiger partial charge in [-0.25, -0.2) is 13.2 Å². The molecule has 1 aliphatic heterocycles. The van der Waals surface area contributed by atoms with Crippen LogP contribution in [0.15, 0.2) is 18.3 Å². The van der Waals surface area contributed by atoms with Crippen LogP contribution in [0.25, 0.3) is 10.9 Å². The van der Waals surface area contributed by atoms with Gasteiger partial charge < -0.3 is 14.4 Å². The molecule has 0 bridgehead atoms. The first-order valence-electron chi connectivity index (χ1n) is 9.50. The van der Waals surface area contributed by atoms with Crippen LogP contribution >= 0.6 is 0 Å². The summed E-state index contributed by atoms with van der Waals surface area (Å²) in [4.78, 5) is 13.8. The van der Waals surface area contributed by atoms with Crippen molar-refractivity contribution in [2.24, 2.45) is 7.05 Å². The number of hydrogen-bond acceptors (Lipinski definition) is 6. The summed E-state index contributed by atoms with van der Waals surface area (Å²) in [5.74, 6) is 0.427. The van der Waals surface area contributed by atoms with Crippen LogP contribution in [0.5, 0.6) is 5.75 Å². The lowest BCUT2D eigenvalue weighted by Gasteiger charge is -2.33. The number of carbonyl (C=O) groups excluding carboxylic acids is 1. The number of nitrogens with zero attached hydrogens (tertiary/aromatic N) is 3. The average molecular weight is 425 g/mol. The number of aryl methyl sites for hydroxylation is 1. The molecule has 1 fully saturated rings. The Kier molecular flexibility index (Phi) is 5.66. The molecule has 1 aromatic heterocycles. The van der Waals surface area contributed by atoms with Gasteiger partial charge in [0, 0.05) is 25.5 Å². The van der Waals surface area contributed by atoms with Gasteiger partial charge in [0.15, 0.2) is 0 Å². The van der Waals surface area contributed by atoms with Crippen LogP contribution in [0.2, 0.25) is 0 Å². The van der Waals surface area contributed by atoms with Gasteiger partial charge in [-0.05, 0) is 45.7 Å². The molecule has 0 atom stereocenters. The van der Waals surface area contributed by atoms with Crippen LogP contribution in [0.4, 0.5) is 10.5 Å². The standard InChI is InChI=1S/C19H28N4O5S/c1-19(2,3)28-18(24)23-10-8-14(9-11-23)29(25,26)21-16-15(27-5)7-6-13-12-20-22(4)17(13)16/h6-7,12,14,21H,8-11H2,1-5H3. The predicted molar refractivity (Wildman–Crippen MR) is 111 cm³/mol. The van der Waals surface area contributed by atoms with Crippen molar-refractivity contribution in [1.82, 2.24) is 14.7 Å². The number of aromatic nitrogens is 2. The number of anilines is 1. The number of rotatable bonds is 4. The van der Waals surface area contributed by atoms with Gasteiger partial charge in [0.2, 0.25) is 10.0 Å². The molecular weight excluding hydrogens is 396 g/mol. The number of fused-ring (bicyclic) bond motifs is 1. The average Bonchev–Trinajstić information content (AvgIpc) is 3.02. The molecule has 29 heavy (non-hydrogen) atoms. The third-order valence-electron chi connectivity index (χ3n) is 4.86. The SMILES string of the molecule is COc1ccc2cnn(C)c2c1NS(=O)(=O)C1CCN(C(=O)OC(C)(C)C)CC1. The summed E-state index contributed by atoms with van der Waals surface area (Å²) in [5.41, 5.74) is 0.443. The monoisotopic (exact) mass is 424 g/mol. The van der Waals surface area contributed by atoms with Crippen molar-refractivity contribution < 1.29 is 22.7 Å². The highest BCUT2D eigenvalue weighted by atomic mass is 32.2. The van der Waals surface area contributed by atoms with E-state index in [0.717, 1.165) is 5.39 Å². The molecule has 0 radical (unpaired) electrons. The van der Waals surface area contributed by atoms with Crippen molar-refractivity contribution in [3.8, 4) is 5.75 Å². The summed E-state index contributed by atoms with van der Waals surface area (Å²) in [5, 5.41) is 4.40. The maximum Gasteiger partial charge on any atom is 0.410 e. The molecule has 1 aromatic carbocycles. The number of piperidine rings is 1. The summed E-state index contributed by atoms with van der Waals surface area (Å²) in [7, 11) is -0.446. The van der Waals surface area contributed by atoms with Gasteiger partial charge in [-0.1, -0.05) is 0 Å². The van der Waals surface area contributed by atoms with E-state index in [1.165, 1.54) is 7.11 Å². The first-order valence-corrected chi connectivity index (χ1v) is 11.0. The minimum Gasteiger partial charge on any atom is -0.494 e. The van der Waals surface area contributed by atoms with E-state index in [1.807, 2.05) is 6.07 Å². The fourth-order valence-electron chi connectivity index (χ4n) is 3.42. The molecule has 1 aliphatic rings. The molecule has 0 unspecified atom stereocenters. The predicted octanol–water partition coefficient (Wildman–Crippen LogP) is 2.72. The molecule has 1 saturated heterocycles. The van der Waals surface area contributed by atoms with Crippen molar-refractivity contribution in [3.63, 3.8) is 0 Å². The van der Waals surface area contributed by atoms with E-state index in [0.29, 0.717) is 42.9 Å². The lowest BCUT2D eigenvalue weighted by atomic mass is 10.1. The normalized spacial score (nSPS) is 16.1. The van der Waals surface area contributed by atoms with E-state index in [1.54, 1.807) is 49.7 Å². The first-order chi connectivity index (χ1) is 13.5. The number of hydrogen-bond donors (Lipinski definition) is 1. The van der Waals surface area contributed by atoms with Gasteiger partial charge in [0.25, 0.3) is 0 Å². The van der Waals surface area contributed by atoms with Crippen LogP contribution in [0.1, 0.15) is 33.6 Å². The maximum absolute atomic E-state index is 13.1. The van der Waals surface area contributed by atoms with E-state index in [-0.39, 0.29) is 0 Å². The molecule has 10 heteroatoms. The second-order valence-corrected chi connectivity index (χ2v) is 10.1. The molecular formula is C19H28N4O5S. The number of methoxy groups -OCH3 is 1. The smallest absolute Gasteiger partial charge is 0.410 e. The number of benzene rings is 1. The molecule has 160 valence electrons. The molecule has 0 aliphatic carbocycles. The molecule has 1 amide bonds. The molecule has 2 heterocycles. The summed E-state index contributed by atoms with van der Waals surface area (Å²) in [6, 6.07) is 3.55. The summed E-state index contributed by atoms with van der Waals surface area (Å²) in [6.45, 7) is 6.07. The minimum atomic E-state index is -3.69.